The van der Waals surface area contributed by atoms with E-state index in [1.54, 1.807) is 6.07 Å². The Kier molecular flexibility index (Phi) is 2.94. The van der Waals surface area contributed by atoms with E-state index in [4.69, 9.17) is 16.7 Å². The second-order valence-electron chi connectivity index (χ2n) is 2.57. The summed E-state index contributed by atoms with van der Waals surface area (Å²) in [6, 6.07) is 1.69. The van der Waals surface area contributed by atoms with E-state index in [-0.39, 0.29) is 29.1 Å². The van der Waals surface area contributed by atoms with Gasteiger partial charge in [0.05, 0.1) is 11.9 Å². The summed E-state index contributed by atoms with van der Waals surface area (Å²) in [5.74, 6) is 0. The molecule has 14 heavy (non-hydrogen) atoms. The highest BCUT2D eigenvalue weighted by Crippen LogP contribution is 2.29. The lowest BCUT2D eigenvalue weighted by Crippen LogP contribution is -2.09. The molecule has 0 aliphatic carbocycles. The second kappa shape index (κ2) is 3.98. The molecule has 0 bridgehead atoms. The van der Waals surface area contributed by atoms with Crippen LogP contribution in [0, 0.1) is 11.3 Å². The lowest BCUT2D eigenvalue weighted by molar-refractivity contribution is 0.151. The van der Waals surface area contributed by atoms with Crippen LogP contribution in [-0.4, -0.2) is 4.98 Å². The molecule has 0 saturated heterocycles. The number of rotatable bonds is 2. The van der Waals surface area contributed by atoms with Gasteiger partial charge in [0.15, 0.2) is 0 Å². The standard InChI is InChI=1S/C8H8F2N4/c9-8(10)7-4(1-11)6(2-12)14-3-5(7)13/h3,8H,1,11,13H2. The van der Waals surface area contributed by atoms with E-state index in [1.165, 1.54) is 0 Å². The van der Waals surface area contributed by atoms with Gasteiger partial charge in [-0.1, -0.05) is 0 Å². The zero-order valence-electron chi connectivity index (χ0n) is 7.17. The van der Waals surface area contributed by atoms with Gasteiger partial charge >= 0.3 is 0 Å². The number of anilines is 1. The van der Waals surface area contributed by atoms with Gasteiger partial charge in [-0.05, 0) is 0 Å². The summed E-state index contributed by atoms with van der Waals surface area (Å²) in [7, 11) is 0. The van der Waals surface area contributed by atoms with E-state index >= 15 is 0 Å². The molecule has 4 nitrogen and oxygen atoms in total. The molecule has 1 aromatic rings. The first-order chi connectivity index (χ1) is 6.61. The quantitative estimate of drug-likeness (QED) is 0.739. The predicted octanol–water partition coefficient (Wildman–Crippen LogP) is 0.932. The van der Waals surface area contributed by atoms with Crippen molar-refractivity contribution in [1.82, 2.24) is 4.98 Å². The Hall–Kier alpha value is -1.74. The van der Waals surface area contributed by atoms with Crippen molar-refractivity contribution >= 4 is 5.69 Å². The lowest BCUT2D eigenvalue weighted by atomic mass is 10.1. The molecule has 1 rings (SSSR count). The molecule has 0 atom stereocenters. The summed E-state index contributed by atoms with van der Waals surface area (Å²) in [5, 5.41) is 8.59. The number of halogens is 2. The molecule has 0 aromatic carbocycles. The molecule has 0 radical (unpaired) electrons. The fourth-order valence-corrected chi connectivity index (χ4v) is 1.14. The van der Waals surface area contributed by atoms with E-state index in [0.29, 0.717) is 0 Å². The second-order valence-corrected chi connectivity index (χ2v) is 2.57. The molecular formula is C8H8F2N4. The van der Waals surface area contributed by atoms with Gasteiger partial charge in [0, 0.05) is 17.7 Å². The Bertz CT molecular complexity index is 384. The van der Waals surface area contributed by atoms with E-state index in [2.05, 4.69) is 4.98 Å². The van der Waals surface area contributed by atoms with Crippen LogP contribution in [0.3, 0.4) is 0 Å². The number of nitriles is 1. The number of pyridine rings is 1. The minimum atomic E-state index is -2.75. The largest absolute Gasteiger partial charge is 0.397 e. The number of nitrogens with zero attached hydrogens (tertiary/aromatic N) is 2. The molecule has 0 saturated carbocycles. The molecule has 74 valence electrons. The van der Waals surface area contributed by atoms with E-state index in [9.17, 15) is 8.78 Å². The highest BCUT2D eigenvalue weighted by atomic mass is 19.3. The van der Waals surface area contributed by atoms with Gasteiger partial charge in [-0.2, -0.15) is 5.26 Å². The van der Waals surface area contributed by atoms with Crippen molar-refractivity contribution < 1.29 is 8.78 Å². The maximum atomic E-state index is 12.5. The van der Waals surface area contributed by atoms with Gasteiger partial charge < -0.3 is 11.5 Å². The molecule has 0 unspecified atom stereocenters. The number of hydrogen-bond acceptors (Lipinski definition) is 4. The SMILES string of the molecule is N#Cc1ncc(N)c(C(F)F)c1CN. The molecule has 4 N–H and O–H groups in total. The van der Waals surface area contributed by atoms with Crippen molar-refractivity contribution in [3.8, 4) is 6.07 Å². The average Bonchev–Trinajstić information content (AvgIpc) is 2.16. The zero-order valence-corrected chi connectivity index (χ0v) is 7.17. The highest BCUT2D eigenvalue weighted by Gasteiger charge is 2.19. The zero-order chi connectivity index (χ0) is 10.7. The molecule has 0 aliphatic heterocycles. The maximum Gasteiger partial charge on any atom is 0.266 e. The summed E-state index contributed by atoms with van der Waals surface area (Å²) in [5.41, 5.74) is 9.95. The maximum absolute atomic E-state index is 12.5. The number of alkyl halides is 2. The van der Waals surface area contributed by atoms with Crippen molar-refractivity contribution in [2.45, 2.75) is 13.0 Å². The van der Waals surface area contributed by atoms with Crippen LogP contribution >= 0.6 is 0 Å². The number of hydrogen-bond donors (Lipinski definition) is 2. The number of nitrogens with two attached hydrogens (primary N) is 2. The third-order valence-corrected chi connectivity index (χ3v) is 1.78. The summed E-state index contributed by atoms with van der Waals surface area (Å²) in [6.07, 6.45) is -1.71. The smallest absolute Gasteiger partial charge is 0.266 e. The molecule has 0 spiro atoms. The minimum Gasteiger partial charge on any atom is -0.397 e. The van der Waals surface area contributed by atoms with Crippen LogP contribution in [0.25, 0.3) is 0 Å². The highest BCUT2D eigenvalue weighted by molar-refractivity contribution is 5.53. The Morgan fingerprint density at radius 1 is 1.57 bits per heavy atom. The topological polar surface area (TPSA) is 88.7 Å². The van der Waals surface area contributed by atoms with Crippen molar-refractivity contribution in [1.29, 1.82) is 5.26 Å². The van der Waals surface area contributed by atoms with E-state index in [0.717, 1.165) is 6.20 Å². The third-order valence-electron chi connectivity index (χ3n) is 1.78. The molecular weight excluding hydrogens is 190 g/mol. The van der Waals surface area contributed by atoms with Gasteiger partial charge in [0.25, 0.3) is 6.43 Å². The summed E-state index contributed by atoms with van der Waals surface area (Å²) in [6.45, 7) is -0.180. The molecule has 6 heteroatoms. The van der Waals surface area contributed by atoms with Crippen LogP contribution in [0.4, 0.5) is 14.5 Å². The Labute approximate surface area is 79.1 Å². The summed E-state index contributed by atoms with van der Waals surface area (Å²) >= 11 is 0. The predicted molar refractivity (Wildman–Crippen MR) is 46.2 cm³/mol. The van der Waals surface area contributed by atoms with Gasteiger partial charge in [0.1, 0.15) is 11.8 Å². The van der Waals surface area contributed by atoms with Crippen LogP contribution in [0.2, 0.25) is 0 Å². The van der Waals surface area contributed by atoms with Crippen molar-refractivity contribution in [2.75, 3.05) is 5.73 Å². The Balaban J connectivity index is 3.45. The first kappa shape index (κ1) is 10.3. The van der Waals surface area contributed by atoms with Gasteiger partial charge in [-0.25, -0.2) is 13.8 Å². The monoisotopic (exact) mass is 198 g/mol. The number of aromatic nitrogens is 1. The molecule has 1 heterocycles. The van der Waals surface area contributed by atoms with Crippen molar-refractivity contribution in [3.05, 3.63) is 23.0 Å². The Morgan fingerprint density at radius 3 is 2.64 bits per heavy atom. The van der Waals surface area contributed by atoms with Crippen LogP contribution in [0.5, 0.6) is 0 Å². The first-order valence-electron chi connectivity index (χ1n) is 3.77. The van der Waals surface area contributed by atoms with Gasteiger partial charge in [0.2, 0.25) is 0 Å². The van der Waals surface area contributed by atoms with Crippen molar-refractivity contribution in [2.24, 2.45) is 5.73 Å². The summed E-state index contributed by atoms with van der Waals surface area (Å²) in [4.78, 5) is 3.61. The van der Waals surface area contributed by atoms with Crippen LogP contribution < -0.4 is 11.5 Å². The van der Waals surface area contributed by atoms with Crippen LogP contribution in [-0.2, 0) is 6.54 Å². The Morgan fingerprint density at radius 2 is 2.21 bits per heavy atom. The lowest BCUT2D eigenvalue weighted by Gasteiger charge is -2.10. The van der Waals surface area contributed by atoms with Crippen LogP contribution in [0.15, 0.2) is 6.20 Å². The van der Waals surface area contributed by atoms with Crippen LogP contribution in [0.1, 0.15) is 23.2 Å². The molecule has 0 fully saturated rings. The molecule has 0 aliphatic rings. The molecule has 1 aromatic heterocycles. The fraction of sp³-hybridized carbons (Fsp3) is 0.250. The summed E-state index contributed by atoms with van der Waals surface area (Å²) < 4.78 is 25.0. The molecule has 0 amide bonds. The normalized spacial score (nSPS) is 10.2. The van der Waals surface area contributed by atoms with Crippen molar-refractivity contribution in [3.63, 3.8) is 0 Å². The first-order valence-corrected chi connectivity index (χ1v) is 3.77. The average molecular weight is 198 g/mol. The van der Waals surface area contributed by atoms with Gasteiger partial charge in [-0.15, -0.1) is 0 Å². The fourth-order valence-electron chi connectivity index (χ4n) is 1.14. The van der Waals surface area contributed by atoms with E-state index < -0.39 is 6.43 Å². The number of nitrogen functional groups attached to an aromatic ring is 1. The third kappa shape index (κ3) is 1.63. The minimum absolute atomic E-state index is 0.0162. The van der Waals surface area contributed by atoms with Gasteiger partial charge in [-0.3, -0.25) is 0 Å². The van der Waals surface area contributed by atoms with E-state index in [1.807, 2.05) is 0 Å².